The number of carbonyl (C=O) groups is 1. The van der Waals surface area contributed by atoms with E-state index in [4.69, 9.17) is 32.7 Å². The van der Waals surface area contributed by atoms with Gasteiger partial charge in [-0.25, -0.2) is 0 Å². The van der Waals surface area contributed by atoms with E-state index in [1.807, 2.05) is 12.1 Å². The van der Waals surface area contributed by atoms with Gasteiger partial charge in [0.05, 0.1) is 0 Å². The monoisotopic (exact) mass is 343 g/mol. The number of aliphatic carboxylic acids is 1. The Morgan fingerprint density at radius 1 is 1.29 bits per heavy atom. The first-order chi connectivity index (χ1) is 10.0. The molecule has 21 heavy (non-hydrogen) atoms. The van der Waals surface area contributed by atoms with Crippen LogP contribution >= 0.6 is 35.0 Å². The molecule has 1 aromatic carbocycles. The number of benzene rings is 1. The van der Waals surface area contributed by atoms with Crippen molar-refractivity contribution in [2.45, 2.75) is 11.4 Å². The van der Waals surface area contributed by atoms with Gasteiger partial charge in [-0.1, -0.05) is 23.2 Å². The number of thioether (sulfide) groups is 1. The van der Waals surface area contributed by atoms with Gasteiger partial charge in [-0.15, -0.1) is 11.8 Å². The first kappa shape index (κ1) is 14.8. The van der Waals surface area contributed by atoms with Gasteiger partial charge >= 0.3 is 5.97 Å². The highest BCUT2D eigenvalue weighted by molar-refractivity contribution is 7.99. The maximum absolute atomic E-state index is 10.9. The molecule has 0 amide bonds. The molecular formula is C14H11Cl2NO3S. The van der Waals surface area contributed by atoms with Gasteiger partial charge < -0.3 is 9.52 Å². The standard InChI is InChI=1S/C14H11Cl2NO3S/c15-8-3-7(4-9(16)5-8)11-1-2-12(20-11)13-17-10(6-21-13)14(18)19/h1-5,10,13,17H,6H2,(H,18,19). The summed E-state index contributed by atoms with van der Waals surface area (Å²) in [5.74, 6) is 1.00. The highest BCUT2D eigenvalue weighted by Gasteiger charge is 2.32. The molecule has 2 aromatic rings. The molecule has 4 nitrogen and oxygen atoms in total. The van der Waals surface area contributed by atoms with Gasteiger partial charge in [0.25, 0.3) is 0 Å². The molecule has 0 aliphatic carbocycles. The van der Waals surface area contributed by atoms with Crippen molar-refractivity contribution in [1.82, 2.24) is 5.32 Å². The van der Waals surface area contributed by atoms with Crippen molar-refractivity contribution in [3.63, 3.8) is 0 Å². The topological polar surface area (TPSA) is 62.5 Å². The van der Waals surface area contributed by atoms with Gasteiger partial charge in [0.1, 0.15) is 22.9 Å². The fraction of sp³-hybridized carbons (Fsp3) is 0.214. The minimum absolute atomic E-state index is 0.158. The summed E-state index contributed by atoms with van der Waals surface area (Å²) in [6, 6.07) is 8.31. The zero-order chi connectivity index (χ0) is 15.0. The molecule has 0 bridgehead atoms. The lowest BCUT2D eigenvalue weighted by molar-refractivity contribution is -0.138. The second-order valence-corrected chi connectivity index (χ2v) is 6.64. The molecule has 0 saturated carbocycles. The number of hydrogen-bond donors (Lipinski definition) is 2. The van der Waals surface area contributed by atoms with Gasteiger partial charge in [0.2, 0.25) is 0 Å². The summed E-state index contributed by atoms with van der Waals surface area (Å²) in [6.07, 6.45) is 0. The number of carboxylic acid groups (broad SMARTS) is 1. The quantitative estimate of drug-likeness (QED) is 0.880. The second-order valence-electron chi connectivity index (χ2n) is 4.63. The smallest absolute Gasteiger partial charge is 0.321 e. The van der Waals surface area contributed by atoms with E-state index < -0.39 is 12.0 Å². The molecule has 1 aromatic heterocycles. The Hall–Kier alpha value is -1.14. The number of rotatable bonds is 3. The van der Waals surface area contributed by atoms with Crippen LogP contribution in [0.5, 0.6) is 0 Å². The Morgan fingerprint density at radius 3 is 2.62 bits per heavy atom. The van der Waals surface area contributed by atoms with Crippen LogP contribution in [-0.4, -0.2) is 22.9 Å². The second kappa shape index (κ2) is 5.93. The third kappa shape index (κ3) is 3.21. The van der Waals surface area contributed by atoms with Crippen molar-refractivity contribution >= 4 is 40.9 Å². The Kier molecular flexibility index (Phi) is 4.17. The molecule has 7 heteroatoms. The van der Waals surface area contributed by atoms with Crippen molar-refractivity contribution in [1.29, 1.82) is 0 Å². The van der Waals surface area contributed by atoms with Crippen molar-refractivity contribution in [3.8, 4) is 11.3 Å². The van der Waals surface area contributed by atoms with E-state index in [2.05, 4.69) is 5.32 Å². The fourth-order valence-corrected chi connectivity index (χ4v) is 3.82. The van der Waals surface area contributed by atoms with E-state index in [0.29, 0.717) is 27.3 Å². The number of hydrogen-bond acceptors (Lipinski definition) is 4. The van der Waals surface area contributed by atoms with Crippen molar-refractivity contribution in [2.75, 3.05) is 5.75 Å². The third-order valence-electron chi connectivity index (χ3n) is 3.11. The molecule has 1 aliphatic heterocycles. The summed E-state index contributed by atoms with van der Waals surface area (Å²) in [6.45, 7) is 0. The van der Waals surface area contributed by atoms with E-state index in [1.165, 1.54) is 11.8 Å². The largest absolute Gasteiger partial charge is 0.480 e. The average Bonchev–Trinajstić information content (AvgIpc) is 3.07. The lowest BCUT2D eigenvalue weighted by Crippen LogP contribution is -2.33. The highest BCUT2D eigenvalue weighted by Crippen LogP contribution is 2.36. The molecule has 1 fully saturated rings. The Morgan fingerprint density at radius 2 is 2.00 bits per heavy atom. The zero-order valence-corrected chi connectivity index (χ0v) is 13.0. The maximum Gasteiger partial charge on any atom is 0.321 e. The number of nitrogens with one attached hydrogen (secondary N) is 1. The maximum atomic E-state index is 10.9. The molecule has 1 saturated heterocycles. The average molecular weight is 344 g/mol. The van der Waals surface area contributed by atoms with Gasteiger partial charge in [-0.05, 0) is 30.3 Å². The van der Waals surface area contributed by atoms with Crippen LogP contribution in [0.15, 0.2) is 34.7 Å². The summed E-state index contributed by atoms with van der Waals surface area (Å²) in [5, 5.41) is 12.9. The van der Waals surface area contributed by atoms with Gasteiger partial charge in [0.15, 0.2) is 0 Å². The predicted molar refractivity (Wildman–Crippen MR) is 83.9 cm³/mol. The van der Waals surface area contributed by atoms with Crippen LogP contribution < -0.4 is 5.32 Å². The molecule has 2 N–H and O–H groups in total. The van der Waals surface area contributed by atoms with Gasteiger partial charge in [-0.3, -0.25) is 10.1 Å². The van der Waals surface area contributed by atoms with E-state index in [1.54, 1.807) is 18.2 Å². The van der Waals surface area contributed by atoms with E-state index in [-0.39, 0.29) is 5.37 Å². The molecule has 1 aliphatic rings. The summed E-state index contributed by atoms with van der Waals surface area (Å²) in [5.41, 5.74) is 0.788. The van der Waals surface area contributed by atoms with Gasteiger partial charge in [0, 0.05) is 21.4 Å². The predicted octanol–water partition coefficient (Wildman–Crippen LogP) is 4.04. The summed E-state index contributed by atoms with van der Waals surface area (Å²) in [4.78, 5) is 10.9. The van der Waals surface area contributed by atoms with Crippen LogP contribution in [0.4, 0.5) is 0 Å². The lowest BCUT2D eigenvalue weighted by Gasteiger charge is -2.07. The fourth-order valence-electron chi connectivity index (χ4n) is 2.12. The van der Waals surface area contributed by atoms with Crippen molar-refractivity contribution in [3.05, 3.63) is 46.1 Å². The molecule has 2 atom stereocenters. The Bertz CT molecular complexity index is 668. The number of furan rings is 1. The lowest BCUT2D eigenvalue weighted by atomic mass is 10.2. The summed E-state index contributed by atoms with van der Waals surface area (Å²) >= 11 is 13.5. The molecule has 2 unspecified atom stereocenters. The van der Waals surface area contributed by atoms with Crippen molar-refractivity contribution < 1.29 is 14.3 Å². The van der Waals surface area contributed by atoms with E-state index in [9.17, 15) is 4.79 Å². The van der Waals surface area contributed by atoms with Crippen LogP contribution in [0.1, 0.15) is 11.1 Å². The first-order valence-electron chi connectivity index (χ1n) is 6.19. The molecule has 2 heterocycles. The summed E-state index contributed by atoms with van der Waals surface area (Å²) in [7, 11) is 0. The normalized spacial score (nSPS) is 21.6. The first-order valence-corrected chi connectivity index (χ1v) is 8.00. The minimum Gasteiger partial charge on any atom is -0.480 e. The van der Waals surface area contributed by atoms with Crippen LogP contribution in [-0.2, 0) is 4.79 Å². The Labute approximate surface area is 135 Å². The number of halogens is 2. The number of carboxylic acids is 1. The molecule has 0 spiro atoms. The SMILES string of the molecule is O=C(O)C1CSC(c2ccc(-c3cc(Cl)cc(Cl)c3)o2)N1. The molecule has 3 rings (SSSR count). The molecule has 0 radical (unpaired) electrons. The highest BCUT2D eigenvalue weighted by atomic mass is 35.5. The van der Waals surface area contributed by atoms with Crippen LogP contribution in [0.25, 0.3) is 11.3 Å². The zero-order valence-electron chi connectivity index (χ0n) is 10.7. The van der Waals surface area contributed by atoms with Gasteiger partial charge in [-0.2, -0.15) is 0 Å². The van der Waals surface area contributed by atoms with E-state index >= 15 is 0 Å². The summed E-state index contributed by atoms with van der Waals surface area (Å²) < 4.78 is 5.80. The van der Waals surface area contributed by atoms with Crippen LogP contribution in [0, 0.1) is 0 Å². The van der Waals surface area contributed by atoms with Crippen LogP contribution in [0.2, 0.25) is 10.0 Å². The molecular weight excluding hydrogens is 333 g/mol. The van der Waals surface area contributed by atoms with Crippen LogP contribution in [0.3, 0.4) is 0 Å². The van der Waals surface area contributed by atoms with Crippen molar-refractivity contribution in [2.24, 2.45) is 0 Å². The third-order valence-corrected chi connectivity index (χ3v) is 4.78. The van der Waals surface area contributed by atoms with E-state index in [0.717, 1.165) is 5.56 Å². The Balaban J connectivity index is 1.82. The molecule has 110 valence electrons. The minimum atomic E-state index is -0.849.